The number of hydrogen-bond donors (Lipinski definition) is 1. The van der Waals surface area contributed by atoms with Crippen molar-refractivity contribution in [2.45, 2.75) is 19.2 Å². The number of nitrogens with two attached hydrogens (primary N) is 1. The van der Waals surface area contributed by atoms with Crippen molar-refractivity contribution in [1.82, 2.24) is 9.80 Å². The summed E-state index contributed by atoms with van der Waals surface area (Å²) in [6.45, 7) is 8.94. The van der Waals surface area contributed by atoms with E-state index in [9.17, 15) is 0 Å². The van der Waals surface area contributed by atoms with E-state index < -0.39 is 0 Å². The van der Waals surface area contributed by atoms with Gasteiger partial charge in [0.1, 0.15) is 0 Å². The molecule has 0 spiro atoms. The molecule has 2 aromatic rings. The molecule has 148 valence electrons. The summed E-state index contributed by atoms with van der Waals surface area (Å²) in [7, 11) is 0. The van der Waals surface area contributed by atoms with Crippen LogP contribution in [-0.2, 0) is 12.3 Å². The fraction of sp³-hybridized carbons (Fsp3) is 0.364. The molecule has 28 heavy (non-hydrogen) atoms. The van der Waals surface area contributed by atoms with Crippen molar-refractivity contribution in [1.29, 1.82) is 0 Å². The Labute approximate surface area is 172 Å². The SMILES string of the molecule is CCN1CCN(Cc2cccc(C=NN=C(N)SCc3ccccc3)c2)CC1. The van der Waals surface area contributed by atoms with Gasteiger partial charge in [0.15, 0.2) is 5.17 Å². The van der Waals surface area contributed by atoms with Gasteiger partial charge in [-0.15, -0.1) is 5.10 Å². The van der Waals surface area contributed by atoms with Crippen molar-refractivity contribution in [3.63, 3.8) is 0 Å². The number of benzene rings is 2. The van der Waals surface area contributed by atoms with Gasteiger partial charge in [0.2, 0.25) is 0 Å². The summed E-state index contributed by atoms with van der Waals surface area (Å²) in [5, 5.41) is 8.74. The summed E-state index contributed by atoms with van der Waals surface area (Å²) in [4.78, 5) is 5.01. The average molecular weight is 396 g/mol. The summed E-state index contributed by atoms with van der Waals surface area (Å²) in [6.07, 6.45) is 1.77. The van der Waals surface area contributed by atoms with Crippen molar-refractivity contribution in [2.75, 3.05) is 32.7 Å². The number of hydrogen-bond acceptors (Lipinski definition) is 5. The molecule has 2 aromatic carbocycles. The van der Waals surface area contributed by atoms with Crippen LogP contribution >= 0.6 is 11.8 Å². The number of nitrogens with zero attached hydrogens (tertiary/aromatic N) is 4. The first-order valence-electron chi connectivity index (χ1n) is 9.80. The molecule has 0 atom stereocenters. The van der Waals surface area contributed by atoms with E-state index in [-0.39, 0.29) is 0 Å². The van der Waals surface area contributed by atoms with E-state index in [1.165, 1.54) is 22.9 Å². The molecule has 0 aromatic heterocycles. The topological polar surface area (TPSA) is 57.2 Å². The summed E-state index contributed by atoms with van der Waals surface area (Å²) < 4.78 is 0. The maximum absolute atomic E-state index is 5.95. The first-order chi connectivity index (χ1) is 13.7. The van der Waals surface area contributed by atoms with E-state index in [0.717, 1.165) is 50.6 Å². The number of likely N-dealkylation sites (N-methyl/N-ethyl adjacent to an activating group) is 1. The second-order valence-electron chi connectivity index (χ2n) is 6.91. The van der Waals surface area contributed by atoms with Gasteiger partial charge in [-0.2, -0.15) is 5.10 Å². The third-order valence-electron chi connectivity index (χ3n) is 4.86. The van der Waals surface area contributed by atoms with Gasteiger partial charge in [-0.3, -0.25) is 4.90 Å². The van der Waals surface area contributed by atoms with Crippen LogP contribution in [0.3, 0.4) is 0 Å². The van der Waals surface area contributed by atoms with Gasteiger partial charge >= 0.3 is 0 Å². The van der Waals surface area contributed by atoms with Crippen molar-refractivity contribution >= 4 is 23.1 Å². The zero-order chi connectivity index (χ0) is 19.6. The van der Waals surface area contributed by atoms with Crippen LogP contribution in [-0.4, -0.2) is 53.9 Å². The summed E-state index contributed by atoms with van der Waals surface area (Å²) in [6, 6.07) is 18.7. The monoisotopic (exact) mass is 395 g/mol. The molecule has 1 heterocycles. The highest BCUT2D eigenvalue weighted by Gasteiger charge is 2.15. The maximum atomic E-state index is 5.95. The van der Waals surface area contributed by atoms with E-state index in [1.54, 1.807) is 6.21 Å². The first-order valence-corrected chi connectivity index (χ1v) is 10.8. The summed E-state index contributed by atoms with van der Waals surface area (Å²) in [5.74, 6) is 0.798. The molecule has 0 bridgehead atoms. The molecule has 0 aliphatic carbocycles. The Morgan fingerprint density at radius 3 is 2.46 bits per heavy atom. The highest BCUT2D eigenvalue weighted by atomic mass is 32.2. The minimum Gasteiger partial charge on any atom is -0.377 e. The van der Waals surface area contributed by atoms with E-state index >= 15 is 0 Å². The fourth-order valence-electron chi connectivity index (χ4n) is 3.21. The largest absolute Gasteiger partial charge is 0.377 e. The van der Waals surface area contributed by atoms with Crippen LogP contribution in [0.2, 0.25) is 0 Å². The number of piperazine rings is 1. The van der Waals surface area contributed by atoms with E-state index in [2.05, 4.69) is 57.3 Å². The molecule has 5 nitrogen and oxygen atoms in total. The predicted molar refractivity (Wildman–Crippen MR) is 121 cm³/mol. The molecule has 1 aliphatic heterocycles. The lowest BCUT2D eigenvalue weighted by molar-refractivity contribution is 0.132. The molecule has 0 amide bonds. The first kappa shape index (κ1) is 20.6. The number of amidine groups is 1. The van der Waals surface area contributed by atoms with Gasteiger partial charge in [-0.25, -0.2) is 0 Å². The standard InChI is InChI=1S/C22H29N5S/c1-2-26-11-13-27(14-12-26)17-21-10-6-9-20(15-21)16-24-25-22(23)28-18-19-7-4-3-5-8-19/h3-10,15-16H,2,11-14,17-18H2,1H3,(H2,23,25). The fourth-order valence-corrected chi connectivity index (χ4v) is 3.82. The summed E-state index contributed by atoms with van der Waals surface area (Å²) in [5.41, 5.74) is 9.53. The highest BCUT2D eigenvalue weighted by Crippen LogP contribution is 2.12. The van der Waals surface area contributed by atoms with Crippen LogP contribution in [0.4, 0.5) is 0 Å². The van der Waals surface area contributed by atoms with Gasteiger partial charge in [0, 0.05) is 38.5 Å². The molecule has 0 radical (unpaired) electrons. The Balaban J connectivity index is 1.49. The normalized spacial score (nSPS) is 16.7. The molecule has 6 heteroatoms. The zero-order valence-corrected chi connectivity index (χ0v) is 17.3. The third-order valence-corrected chi connectivity index (χ3v) is 5.72. The Morgan fingerprint density at radius 1 is 1.00 bits per heavy atom. The molecule has 2 N–H and O–H groups in total. The van der Waals surface area contributed by atoms with Crippen molar-refractivity contribution in [3.8, 4) is 0 Å². The van der Waals surface area contributed by atoms with Crippen LogP contribution in [0.1, 0.15) is 23.6 Å². The lowest BCUT2D eigenvalue weighted by Crippen LogP contribution is -2.45. The molecular weight excluding hydrogens is 366 g/mol. The van der Waals surface area contributed by atoms with E-state index in [1.807, 2.05) is 24.3 Å². The van der Waals surface area contributed by atoms with Crippen LogP contribution in [0.5, 0.6) is 0 Å². The molecule has 1 saturated heterocycles. The Kier molecular flexibility index (Phi) is 8.08. The number of rotatable bonds is 7. The van der Waals surface area contributed by atoms with Crippen LogP contribution in [0, 0.1) is 0 Å². The molecular formula is C22H29N5S. The lowest BCUT2D eigenvalue weighted by atomic mass is 10.1. The quantitative estimate of drug-likeness (QED) is 0.443. The Bertz CT molecular complexity index is 783. The van der Waals surface area contributed by atoms with Crippen molar-refractivity contribution < 1.29 is 0 Å². The minimum atomic E-state index is 0.477. The lowest BCUT2D eigenvalue weighted by Gasteiger charge is -2.34. The highest BCUT2D eigenvalue weighted by molar-refractivity contribution is 8.13. The minimum absolute atomic E-state index is 0.477. The smallest absolute Gasteiger partial charge is 0.180 e. The molecule has 3 rings (SSSR count). The third kappa shape index (κ3) is 6.78. The number of thioether (sulfide) groups is 1. The Hall–Kier alpha value is -2.15. The van der Waals surface area contributed by atoms with Gasteiger partial charge in [0.25, 0.3) is 0 Å². The van der Waals surface area contributed by atoms with E-state index in [4.69, 9.17) is 5.73 Å². The average Bonchev–Trinajstić information content (AvgIpc) is 2.74. The van der Waals surface area contributed by atoms with Gasteiger partial charge in [-0.05, 0) is 29.3 Å². The Morgan fingerprint density at radius 2 is 1.71 bits per heavy atom. The zero-order valence-electron chi connectivity index (χ0n) is 16.5. The van der Waals surface area contributed by atoms with Gasteiger partial charge in [-0.1, -0.05) is 67.2 Å². The molecule has 1 fully saturated rings. The van der Waals surface area contributed by atoms with Crippen LogP contribution in [0.15, 0.2) is 64.8 Å². The van der Waals surface area contributed by atoms with E-state index in [0.29, 0.717) is 5.17 Å². The van der Waals surface area contributed by atoms with Crippen LogP contribution < -0.4 is 5.73 Å². The predicted octanol–water partition coefficient (Wildman–Crippen LogP) is 3.41. The molecule has 0 saturated carbocycles. The van der Waals surface area contributed by atoms with Gasteiger partial charge < -0.3 is 10.6 Å². The van der Waals surface area contributed by atoms with Crippen molar-refractivity contribution in [3.05, 3.63) is 71.3 Å². The molecule has 1 aliphatic rings. The second kappa shape index (κ2) is 11.0. The summed E-state index contributed by atoms with van der Waals surface area (Å²) >= 11 is 1.50. The van der Waals surface area contributed by atoms with Gasteiger partial charge in [0.05, 0.1) is 6.21 Å². The second-order valence-corrected chi connectivity index (χ2v) is 7.91. The van der Waals surface area contributed by atoms with Crippen LogP contribution in [0.25, 0.3) is 0 Å². The maximum Gasteiger partial charge on any atom is 0.180 e. The molecule has 0 unspecified atom stereocenters. The van der Waals surface area contributed by atoms with Crippen molar-refractivity contribution in [2.24, 2.45) is 15.9 Å².